The molecule has 0 saturated heterocycles. The zero-order valence-corrected chi connectivity index (χ0v) is 25.2. The lowest BCUT2D eigenvalue weighted by Crippen LogP contribution is -2.01. The highest BCUT2D eigenvalue weighted by molar-refractivity contribution is 8.33. The second kappa shape index (κ2) is 9.40. The van der Waals surface area contributed by atoms with Crippen LogP contribution in [0.2, 0.25) is 0 Å². The number of fused-ring (bicyclic) bond motifs is 8. The van der Waals surface area contributed by atoms with E-state index in [0.29, 0.717) is 0 Å². The quantitative estimate of drug-likeness (QED) is 0.207. The van der Waals surface area contributed by atoms with E-state index in [-0.39, 0.29) is 0 Å². The number of hydrogen-bond donors (Lipinski definition) is 0. The zero-order chi connectivity index (χ0) is 29.4. The maximum absolute atomic E-state index is 6.40. The first-order valence-electron chi connectivity index (χ1n) is 14.8. The first-order chi connectivity index (χ1) is 21.6. The van der Waals surface area contributed by atoms with Crippen LogP contribution >= 0.6 is 10.0 Å². The molecule has 0 spiro atoms. The van der Waals surface area contributed by atoms with Gasteiger partial charge in [-0.15, -0.1) is 0 Å². The highest BCUT2D eigenvalue weighted by Gasteiger charge is 2.38. The highest BCUT2D eigenvalue weighted by atomic mass is 32.3. The van der Waals surface area contributed by atoms with Crippen molar-refractivity contribution >= 4 is 42.7 Å². The summed E-state index contributed by atoms with van der Waals surface area (Å²) in [6.07, 6.45) is 4.77. The second-order valence-corrected chi connectivity index (χ2v) is 15.3. The Morgan fingerprint density at radius 3 is 2.11 bits per heavy atom. The van der Waals surface area contributed by atoms with Crippen molar-refractivity contribution in [2.75, 3.05) is 12.5 Å². The predicted molar refractivity (Wildman–Crippen MR) is 185 cm³/mol. The highest BCUT2D eigenvalue weighted by Crippen LogP contribution is 2.69. The molecule has 0 radical (unpaired) electrons. The monoisotopic (exact) mass is 584 g/mol. The van der Waals surface area contributed by atoms with Gasteiger partial charge in [0.05, 0.1) is 11.4 Å². The van der Waals surface area contributed by atoms with Crippen LogP contribution in [-0.2, 0) is 0 Å². The van der Waals surface area contributed by atoms with Crippen LogP contribution in [-0.4, -0.2) is 22.5 Å². The number of benzene rings is 6. The van der Waals surface area contributed by atoms with Crippen molar-refractivity contribution in [1.82, 2.24) is 9.97 Å². The fraction of sp³-hybridized carbons (Fsp3) is 0.0500. The van der Waals surface area contributed by atoms with Gasteiger partial charge in [-0.25, -0.2) is 9.97 Å². The molecule has 0 saturated carbocycles. The Hall–Kier alpha value is -5.19. The van der Waals surface area contributed by atoms with Crippen molar-refractivity contribution < 1.29 is 4.42 Å². The molecule has 3 heterocycles. The molecule has 0 N–H and O–H groups in total. The van der Waals surface area contributed by atoms with Gasteiger partial charge in [0.25, 0.3) is 0 Å². The average molecular weight is 585 g/mol. The molecule has 1 aliphatic heterocycles. The van der Waals surface area contributed by atoms with Crippen LogP contribution in [0, 0.1) is 0 Å². The number of rotatable bonds is 3. The summed E-state index contributed by atoms with van der Waals surface area (Å²) in [5.41, 5.74) is 9.38. The van der Waals surface area contributed by atoms with Crippen LogP contribution in [0.3, 0.4) is 0 Å². The molecule has 0 aliphatic carbocycles. The molecule has 210 valence electrons. The van der Waals surface area contributed by atoms with Crippen molar-refractivity contribution in [1.29, 1.82) is 0 Å². The van der Waals surface area contributed by atoms with Gasteiger partial charge >= 0.3 is 0 Å². The fourth-order valence-corrected chi connectivity index (χ4v) is 9.48. The topological polar surface area (TPSA) is 38.9 Å². The van der Waals surface area contributed by atoms with Gasteiger partial charge in [-0.3, -0.25) is 0 Å². The Morgan fingerprint density at radius 1 is 0.545 bits per heavy atom. The van der Waals surface area contributed by atoms with Crippen LogP contribution in [0.25, 0.3) is 77.7 Å². The van der Waals surface area contributed by atoms with Crippen molar-refractivity contribution in [3.05, 3.63) is 133 Å². The third-order valence-corrected chi connectivity index (χ3v) is 11.8. The minimum absolute atomic E-state index is 0.734. The Bertz CT molecular complexity index is 2420. The fourth-order valence-electron chi connectivity index (χ4n) is 6.86. The van der Waals surface area contributed by atoms with E-state index >= 15 is 0 Å². The molecule has 3 nitrogen and oxygen atoms in total. The lowest BCUT2D eigenvalue weighted by atomic mass is 9.99. The number of para-hydroxylation sites is 2. The third-order valence-electron chi connectivity index (χ3n) is 8.94. The first-order valence-corrected chi connectivity index (χ1v) is 17.3. The summed E-state index contributed by atoms with van der Waals surface area (Å²) in [5.74, 6) is 0.734. The number of aromatic nitrogens is 2. The van der Waals surface area contributed by atoms with E-state index in [2.05, 4.69) is 134 Å². The average Bonchev–Trinajstić information content (AvgIpc) is 3.57. The van der Waals surface area contributed by atoms with Gasteiger partial charge in [-0.05, 0) is 47.0 Å². The molecule has 44 heavy (non-hydrogen) atoms. The maximum atomic E-state index is 6.40. The van der Waals surface area contributed by atoms with Gasteiger partial charge in [-0.1, -0.05) is 115 Å². The molecule has 1 aliphatic rings. The summed E-state index contributed by atoms with van der Waals surface area (Å²) in [5, 5.41) is 4.73. The van der Waals surface area contributed by atoms with Crippen LogP contribution in [0.15, 0.2) is 148 Å². The van der Waals surface area contributed by atoms with Gasteiger partial charge in [-0.2, -0.15) is 10.0 Å². The van der Waals surface area contributed by atoms with E-state index in [4.69, 9.17) is 14.4 Å². The van der Waals surface area contributed by atoms with E-state index in [9.17, 15) is 0 Å². The molecule has 4 heteroatoms. The summed E-state index contributed by atoms with van der Waals surface area (Å²) in [7, 11) is -1.36. The maximum Gasteiger partial charge on any atom is 0.160 e. The summed E-state index contributed by atoms with van der Waals surface area (Å²) in [4.78, 5) is 13.4. The molecular formula is C40H28N2OS. The van der Waals surface area contributed by atoms with E-state index in [1.807, 2.05) is 12.1 Å². The largest absolute Gasteiger partial charge is 0.455 e. The molecule has 8 aromatic rings. The van der Waals surface area contributed by atoms with Gasteiger partial charge < -0.3 is 4.42 Å². The predicted octanol–water partition coefficient (Wildman–Crippen LogP) is 11.0. The standard InChI is InChI=1S/C40H28N2OS/c1-44(2)34-23-22-25-12-6-7-17-29(25)35(34)37-39(44)36(26-13-4-3-5-14-26)41-40(42-37)28-16-10-15-27(24-28)30-19-11-20-32-31-18-8-9-21-33(31)43-38(30)32/h3-24H,1-2H3. The zero-order valence-electron chi connectivity index (χ0n) is 24.4. The van der Waals surface area contributed by atoms with Crippen molar-refractivity contribution in [2.45, 2.75) is 9.79 Å². The van der Waals surface area contributed by atoms with E-state index in [0.717, 1.165) is 61.4 Å². The van der Waals surface area contributed by atoms with Gasteiger partial charge in [0.2, 0.25) is 0 Å². The Morgan fingerprint density at radius 2 is 1.23 bits per heavy atom. The summed E-state index contributed by atoms with van der Waals surface area (Å²) in [6.45, 7) is 0. The van der Waals surface area contributed by atoms with Crippen molar-refractivity contribution in [2.24, 2.45) is 0 Å². The summed E-state index contributed by atoms with van der Waals surface area (Å²) in [6, 6.07) is 47.0. The number of furan rings is 1. The molecule has 2 aromatic heterocycles. The van der Waals surface area contributed by atoms with E-state index in [1.165, 1.54) is 26.1 Å². The molecule has 6 aromatic carbocycles. The summed E-state index contributed by atoms with van der Waals surface area (Å²) < 4.78 is 6.40. The minimum atomic E-state index is -1.36. The minimum Gasteiger partial charge on any atom is -0.455 e. The van der Waals surface area contributed by atoms with E-state index in [1.54, 1.807) is 0 Å². The lowest BCUT2D eigenvalue weighted by molar-refractivity contribution is 0.670. The van der Waals surface area contributed by atoms with Crippen LogP contribution < -0.4 is 0 Å². The smallest absolute Gasteiger partial charge is 0.160 e. The molecular weight excluding hydrogens is 557 g/mol. The first kappa shape index (κ1) is 25.3. The van der Waals surface area contributed by atoms with Crippen molar-refractivity contribution in [3.63, 3.8) is 0 Å². The normalized spacial score (nSPS) is 14.1. The Balaban J connectivity index is 1.30. The Kier molecular flexibility index (Phi) is 5.41. The molecule has 0 amide bonds. The van der Waals surface area contributed by atoms with Crippen LogP contribution in [0.4, 0.5) is 0 Å². The molecule has 0 unspecified atom stereocenters. The third kappa shape index (κ3) is 3.64. The number of nitrogens with zero attached hydrogens (tertiary/aromatic N) is 2. The number of hydrogen-bond acceptors (Lipinski definition) is 3. The van der Waals surface area contributed by atoms with Gasteiger partial charge in [0, 0.05) is 42.8 Å². The SMILES string of the molecule is CS1(C)c2ccc3ccccc3c2-c2nc(-c3cccc(-c4cccc5c4oc4ccccc45)c3)nc(-c3ccccc3)c21. The molecule has 0 atom stereocenters. The van der Waals surface area contributed by atoms with Crippen molar-refractivity contribution in [3.8, 4) is 45.0 Å². The molecule has 9 rings (SSSR count). The molecule has 0 bridgehead atoms. The van der Waals surface area contributed by atoms with Gasteiger partial charge in [0.1, 0.15) is 11.2 Å². The molecule has 0 fully saturated rings. The van der Waals surface area contributed by atoms with Gasteiger partial charge in [0.15, 0.2) is 5.82 Å². The Labute approximate surface area is 257 Å². The van der Waals surface area contributed by atoms with Crippen LogP contribution in [0.5, 0.6) is 0 Å². The van der Waals surface area contributed by atoms with E-state index < -0.39 is 10.0 Å². The second-order valence-electron chi connectivity index (χ2n) is 11.8. The van der Waals surface area contributed by atoms with Crippen LogP contribution in [0.1, 0.15) is 0 Å². The lowest BCUT2D eigenvalue weighted by Gasteiger charge is -2.29. The summed E-state index contributed by atoms with van der Waals surface area (Å²) >= 11 is 0.